The first kappa shape index (κ1) is 27.4. The molecule has 12 heteroatoms. The molecule has 2 fully saturated rings. The van der Waals surface area contributed by atoms with Gasteiger partial charge >= 0.3 is 6.09 Å². The summed E-state index contributed by atoms with van der Waals surface area (Å²) in [5.74, 6) is 0.491. The Balaban J connectivity index is 1.16. The van der Waals surface area contributed by atoms with E-state index in [9.17, 15) is 18.0 Å². The number of fused-ring (bicyclic) bond motifs is 1. The third-order valence-corrected chi connectivity index (χ3v) is 9.22. The van der Waals surface area contributed by atoms with Gasteiger partial charge in [-0.25, -0.2) is 23.2 Å². The topological polar surface area (TPSA) is 132 Å². The number of likely N-dealkylation sites (tertiary alicyclic amines) is 1. The van der Waals surface area contributed by atoms with Crippen LogP contribution in [-0.2, 0) is 14.6 Å². The first-order valence-corrected chi connectivity index (χ1v) is 14.9. The molecule has 1 saturated heterocycles. The number of hydrogen-bond donors (Lipinski definition) is 1. The van der Waals surface area contributed by atoms with Crippen LogP contribution in [0.3, 0.4) is 0 Å². The molecular weight excluding hydrogens is 544 g/mol. The molecule has 1 aliphatic heterocycles. The van der Waals surface area contributed by atoms with Gasteiger partial charge in [-0.1, -0.05) is 11.6 Å². The van der Waals surface area contributed by atoms with Crippen LogP contribution in [0.15, 0.2) is 46.0 Å². The van der Waals surface area contributed by atoms with Crippen LogP contribution in [0.4, 0.5) is 4.79 Å². The van der Waals surface area contributed by atoms with Crippen molar-refractivity contribution < 1.29 is 27.2 Å². The highest BCUT2D eigenvalue weighted by molar-refractivity contribution is 7.92. The highest BCUT2D eigenvalue weighted by Crippen LogP contribution is 2.34. The molecule has 1 N–H and O–H groups in total. The second-order valence-electron chi connectivity index (χ2n) is 11.1. The smallest absolute Gasteiger partial charge is 0.410 e. The Kier molecular flexibility index (Phi) is 7.32. The number of carbonyl (C=O) groups excluding carboxylic acids is 2. The fourth-order valence-corrected chi connectivity index (χ4v) is 6.59. The van der Waals surface area contributed by atoms with Crippen molar-refractivity contribution in [1.29, 1.82) is 0 Å². The van der Waals surface area contributed by atoms with Gasteiger partial charge < -0.3 is 19.4 Å². The van der Waals surface area contributed by atoms with E-state index in [0.29, 0.717) is 16.5 Å². The van der Waals surface area contributed by atoms with E-state index in [1.807, 2.05) is 6.07 Å². The Hall–Kier alpha value is -3.18. The number of benzene rings is 1. The number of nitrogens with zero attached hydrogens (tertiary/aromatic N) is 3. The third-order valence-electron chi connectivity index (χ3n) is 7.00. The van der Waals surface area contributed by atoms with Crippen LogP contribution in [0, 0.1) is 0 Å². The SMILES string of the molecule is CC(C)(C)OC(=O)N1CC(S(=O)(=O)c2cc(C(=O)NC3CCC(c4nc5cc(Cl)ccc5o4)CC3)ccn2)C1. The van der Waals surface area contributed by atoms with E-state index in [1.54, 1.807) is 32.9 Å². The molecule has 0 bridgehead atoms. The van der Waals surface area contributed by atoms with Gasteiger partial charge in [0.15, 0.2) is 16.5 Å². The summed E-state index contributed by atoms with van der Waals surface area (Å²) >= 11 is 6.05. The van der Waals surface area contributed by atoms with Crippen LogP contribution in [0.1, 0.15) is 68.6 Å². The lowest BCUT2D eigenvalue weighted by Crippen LogP contribution is -2.57. The average Bonchev–Trinajstić information content (AvgIpc) is 3.25. The molecule has 3 heterocycles. The maximum Gasteiger partial charge on any atom is 0.410 e. The minimum absolute atomic E-state index is 0.0196. The number of halogens is 1. The lowest BCUT2D eigenvalue weighted by molar-refractivity contribution is 0.0139. The number of carbonyl (C=O) groups is 2. The molecule has 0 unspecified atom stereocenters. The molecule has 0 atom stereocenters. The van der Waals surface area contributed by atoms with Gasteiger partial charge in [0.1, 0.15) is 16.4 Å². The van der Waals surface area contributed by atoms with Crippen molar-refractivity contribution in [1.82, 2.24) is 20.2 Å². The molecule has 3 aromatic rings. The second kappa shape index (κ2) is 10.4. The zero-order chi connectivity index (χ0) is 27.9. The summed E-state index contributed by atoms with van der Waals surface area (Å²) < 4.78 is 37.4. The number of oxazole rings is 1. The summed E-state index contributed by atoms with van der Waals surface area (Å²) in [6.45, 7) is 5.29. The minimum Gasteiger partial charge on any atom is -0.444 e. The molecule has 2 aliphatic rings. The summed E-state index contributed by atoms with van der Waals surface area (Å²) in [7, 11) is -3.82. The largest absolute Gasteiger partial charge is 0.444 e. The third kappa shape index (κ3) is 6.04. The van der Waals surface area contributed by atoms with Crippen LogP contribution < -0.4 is 5.32 Å². The van der Waals surface area contributed by atoms with Crippen LogP contribution in [0.2, 0.25) is 5.02 Å². The van der Waals surface area contributed by atoms with Gasteiger partial charge in [0.25, 0.3) is 5.91 Å². The Bertz CT molecular complexity index is 1500. The number of pyridine rings is 1. The maximum absolute atomic E-state index is 13.1. The Morgan fingerprint density at radius 1 is 1.10 bits per heavy atom. The predicted molar refractivity (Wildman–Crippen MR) is 144 cm³/mol. The maximum atomic E-state index is 13.1. The van der Waals surface area contributed by atoms with Crippen LogP contribution in [0.25, 0.3) is 11.1 Å². The molecule has 39 heavy (non-hydrogen) atoms. The number of nitrogens with one attached hydrogen (secondary N) is 1. The zero-order valence-electron chi connectivity index (χ0n) is 22.0. The molecule has 208 valence electrons. The van der Waals surface area contributed by atoms with Crippen LogP contribution >= 0.6 is 11.6 Å². The first-order chi connectivity index (χ1) is 18.4. The Labute approximate surface area is 232 Å². The lowest BCUT2D eigenvalue weighted by atomic mass is 9.86. The quantitative estimate of drug-likeness (QED) is 0.463. The van der Waals surface area contributed by atoms with E-state index in [4.69, 9.17) is 20.8 Å². The molecule has 1 saturated carbocycles. The number of amides is 2. The van der Waals surface area contributed by atoms with E-state index >= 15 is 0 Å². The highest BCUT2D eigenvalue weighted by atomic mass is 35.5. The lowest BCUT2D eigenvalue weighted by Gasteiger charge is -2.38. The molecular formula is C27H31ClN4O6S. The monoisotopic (exact) mass is 574 g/mol. The van der Waals surface area contributed by atoms with Gasteiger partial charge in [-0.05, 0) is 76.8 Å². The number of hydrogen-bond acceptors (Lipinski definition) is 8. The summed E-state index contributed by atoms with van der Waals surface area (Å²) in [6.07, 6.45) is 3.87. The standard InChI is InChI=1S/C27H31ClN4O6S/c1-27(2,3)38-26(34)32-14-20(15-32)39(35,36)23-12-17(10-11-29-23)24(33)30-19-7-4-16(5-8-19)25-31-21-13-18(28)6-9-22(21)37-25/h6,9-13,16,19-20H,4-5,7-8,14-15H2,1-3H3,(H,30,33). The molecule has 5 rings (SSSR count). The van der Waals surface area contributed by atoms with Crippen molar-refractivity contribution in [2.24, 2.45) is 0 Å². The van der Waals surface area contributed by atoms with Crippen molar-refractivity contribution >= 4 is 44.5 Å². The van der Waals surface area contributed by atoms with E-state index in [1.165, 1.54) is 23.2 Å². The van der Waals surface area contributed by atoms with Gasteiger partial charge in [0.2, 0.25) is 9.84 Å². The van der Waals surface area contributed by atoms with Gasteiger partial charge in [-0.3, -0.25) is 4.79 Å². The number of ether oxygens (including phenoxy) is 1. The summed E-state index contributed by atoms with van der Waals surface area (Å²) in [5, 5.41) is 2.65. The van der Waals surface area contributed by atoms with Gasteiger partial charge in [-0.2, -0.15) is 0 Å². The van der Waals surface area contributed by atoms with Crippen molar-refractivity contribution in [3.8, 4) is 0 Å². The normalized spacial score (nSPS) is 20.5. The van der Waals surface area contributed by atoms with Gasteiger partial charge in [0.05, 0.1) is 0 Å². The van der Waals surface area contributed by atoms with E-state index in [0.717, 1.165) is 31.2 Å². The van der Waals surface area contributed by atoms with Gasteiger partial charge in [-0.15, -0.1) is 0 Å². The van der Waals surface area contributed by atoms with E-state index in [2.05, 4.69) is 15.3 Å². The Morgan fingerprint density at radius 3 is 2.51 bits per heavy atom. The van der Waals surface area contributed by atoms with E-state index in [-0.39, 0.29) is 41.5 Å². The second-order valence-corrected chi connectivity index (χ2v) is 13.7. The fraction of sp³-hybridized carbons (Fsp3) is 0.481. The highest BCUT2D eigenvalue weighted by Gasteiger charge is 2.43. The van der Waals surface area contributed by atoms with Crippen molar-refractivity contribution in [2.75, 3.05) is 13.1 Å². The van der Waals surface area contributed by atoms with Gasteiger partial charge in [0, 0.05) is 41.8 Å². The fourth-order valence-electron chi connectivity index (χ4n) is 4.83. The first-order valence-electron chi connectivity index (χ1n) is 12.9. The van der Waals surface area contributed by atoms with Crippen molar-refractivity contribution in [3.05, 3.63) is 53.0 Å². The Morgan fingerprint density at radius 2 is 1.82 bits per heavy atom. The molecule has 1 aliphatic carbocycles. The summed E-state index contributed by atoms with van der Waals surface area (Å²) in [5.41, 5.74) is 0.997. The summed E-state index contributed by atoms with van der Waals surface area (Å²) in [6, 6.07) is 8.11. The zero-order valence-corrected chi connectivity index (χ0v) is 23.6. The molecule has 0 spiro atoms. The predicted octanol–water partition coefficient (Wildman–Crippen LogP) is 4.73. The molecule has 2 amide bonds. The van der Waals surface area contributed by atoms with Crippen molar-refractivity contribution in [3.63, 3.8) is 0 Å². The van der Waals surface area contributed by atoms with Crippen LogP contribution in [-0.4, -0.2) is 65.3 Å². The number of rotatable bonds is 5. The molecule has 10 nitrogen and oxygen atoms in total. The average molecular weight is 575 g/mol. The molecule has 0 radical (unpaired) electrons. The summed E-state index contributed by atoms with van der Waals surface area (Å²) in [4.78, 5) is 35.1. The van der Waals surface area contributed by atoms with Crippen LogP contribution in [0.5, 0.6) is 0 Å². The number of aromatic nitrogens is 2. The molecule has 1 aromatic carbocycles. The molecule has 2 aromatic heterocycles. The number of sulfone groups is 1. The van der Waals surface area contributed by atoms with E-state index < -0.39 is 26.8 Å². The van der Waals surface area contributed by atoms with Crippen molar-refractivity contribution in [2.45, 2.75) is 74.3 Å². The minimum atomic E-state index is -3.82.